The molecule has 0 unspecified atom stereocenters. The van der Waals surface area contributed by atoms with Crippen LogP contribution in [-0.2, 0) is 0 Å². The van der Waals surface area contributed by atoms with Crippen LogP contribution < -0.4 is 10.5 Å². The number of aliphatic hydroxyl groups is 2. The van der Waals surface area contributed by atoms with Gasteiger partial charge in [-0.15, -0.1) is 0 Å². The molecule has 5 heteroatoms. The smallest absolute Gasteiger partial charge is 0.126 e. The van der Waals surface area contributed by atoms with Crippen molar-refractivity contribution in [2.24, 2.45) is 0 Å². The number of nitrogens with two attached hydrogens (primary N) is 1. The van der Waals surface area contributed by atoms with Gasteiger partial charge in [-0.25, -0.2) is 4.98 Å². The second kappa shape index (κ2) is 4.64. The minimum atomic E-state index is -0.866. The summed E-state index contributed by atoms with van der Waals surface area (Å²) in [4.78, 5) is 3.77. The van der Waals surface area contributed by atoms with Gasteiger partial charge in [-0.1, -0.05) is 0 Å². The van der Waals surface area contributed by atoms with Gasteiger partial charge in [-0.2, -0.15) is 0 Å². The van der Waals surface area contributed by atoms with E-state index in [9.17, 15) is 0 Å². The van der Waals surface area contributed by atoms with Gasteiger partial charge in [0.2, 0.25) is 0 Å². The molecule has 13 heavy (non-hydrogen) atoms. The monoisotopic (exact) mass is 184 g/mol. The van der Waals surface area contributed by atoms with Gasteiger partial charge in [0.1, 0.15) is 24.3 Å². The number of rotatable bonds is 4. The molecule has 0 aliphatic carbocycles. The lowest BCUT2D eigenvalue weighted by Gasteiger charge is -2.09. The number of nitrogen functional groups attached to an aromatic ring is 1. The van der Waals surface area contributed by atoms with E-state index in [2.05, 4.69) is 4.98 Å². The van der Waals surface area contributed by atoms with Crippen molar-refractivity contribution < 1.29 is 14.9 Å². The number of nitrogens with zero attached hydrogens (tertiary/aromatic N) is 1. The predicted molar refractivity (Wildman–Crippen MR) is 47.2 cm³/mol. The molecule has 0 amide bonds. The molecule has 0 aliphatic heterocycles. The first-order valence-electron chi connectivity index (χ1n) is 3.85. The predicted octanol–water partition coefficient (Wildman–Crippen LogP) is -0.604. The summed E-state index contributed by atoms with van der Waals surface area (Å²) in [6.45, 7) is -0.277. The Hall–Kier alpha value is -1.33. The molecule has 0 bridgehead atoms. The average molecular weight is 184 g/mol. The molecule has 0 aliphatic rings. The van der Waals surface area contributed by atoms with Gasteiger partial charge in [0.25, 0.3) is 0 Å². The molecule has 0 radical (unpaired) electrons. The summed E-state index contributed by atoms with van der Waals surface area (Å²) in [6, 6.07) is 3.17. The molecule has 0 saturated heterocycles. The fraction of sp³-hybridized carbons (Fsp3) is 0.375. The topological polar surface area (TPSA) is 88.6 Å². The molecule has 4 N–H and O–H groups in total. The zero-order valence-electron chi connectivity index (χ0n) is 7.05. The first-order valence-corrected chi connectivity index (χ1v) is 3.85. The maximum Gasteiger partial charge on any atom is 0.126 e. The molecule has 1 aromatic heterocycles. The number of anilines is 1. The Bertz CT molecular complexity index is 267. The van der Waals surface area contributed by atoms with E-state index in [1.807, 2.05) is 0 Å². The van der Waals surface area contributed by atoms with Crippen LogP contribution in [0.3, 0.4) is 0 Å². The van der Waals surface area contributed by atoms with Crippen LogP contribution in [0, 0.1) is 0 Å². The molecule has 0 fully saturated rings. The molecule has 1 heterocycles. The van der Waals surface area contributed by atoms with Gasteiger partial charge in [0, 0.05) is 12.3 Å². The summed E-state index contributed by atoms with van der Waals surface area (Å²) in [7, 11) is 0. The van der Waals surface area contributed by atoms with Gasteiger partial charge in [0.05, 0.1) is 6.61 Å². The highest BCUT2D eigenvalue weighted by Crippen LogP contribution is 2.11. The number of ether oxygens (including phenoxy) is 1. The first-order chi connectivity index (χ1) is 6.22. The molecular weight excluding hydrogens is 172 g/mol. The summed E-state index contributed by atoms with van der Waals surface area (Å²) < 4.78 is 5.11. The van der Waals surface area contributed by atoms with E-state index in [0.717, 1.165) is 0 Å². The Kier molecular flexibility index (Phi) is 3.48. The Morgan fingerprint density at radius 1 is 1.62 bits per heavy atom. The first kappa shape index (κ1) is 9.76. The van der Waals surface area contributed by atoms with Crippen molar-refractivity contribution in [3.63, 3.8) is 0 Å². The third-order valence-electron chi connectivity index (χ3n) is 1.41. The maximum atomic E-state index is 8.97. The summed E-state index contributed by atoms with van der Waals surface area (Å²) in [5.74, 6) is 0.885. The second-order valence-electron chi connectivity index (χ2n) is 2.56. The number of aliphatic hydroxyl groups excluding tert-OH is 2. The third-order valence-corrected chi connectivity index (χ3v) is 1.41. The zero-order chi connectivity index (χ0) is 9.68. The number of hydrogen-bond acceptors (Lipinski definition) is 5. The highest BCUT2D eigenvalue weighted by molar-refractivity contribution is 5.35. The number of pyridine rings is 1. The summed E-state index contributed by atoms with van der Waals surface area (Å²) in [5.41, 5.74) is 5.39. The molecule has 0 spiro atoms. The van der Waals surface area contributed by atoms with Gasteiger partial charge in [0.15, 0.2) is 0 Å². The van der Waals surface area contributed by atoms with E-state index in [-0.39, 0.29) is 13.2 Å². The van der Waals surface area contributed by atoms with Gasteiger partial charge < -0.3 is 20.7 Å². The van der Waals surface area contributed by atoms with E-state index < -0.39 is 6.10 Å². The summed E-state index contributed by atoms with van der Waals surface area (Å²) in [5, 5.41) is 17.5. The van der Waals surface area contributed by atoms with E-state index in [1.54, 1.807) is 12.1 Å². The lowest BCUT2D eigenvalue weighted by molar-refractivity contribution is 0.0536. The molecule has 5 nitrogen and oxygen atoms in total. The minimum Gasteiger partial charge on any atom is -0.491 e. The lowest BCUT2D eigenvalue weighted by atomic mass is 10.4. The van der Waals surface area contributed by atoms with Gasteiger partial charge >= 0.3 is 0 Å². The largest absolute Gasteiger partial charge is 0.491 e. The Balaban J connectivity index is 2.45. The van der Waals surface area contributed by atoms with Crippen molar-refractivity contribution >= 4 is 5.82 Å². The molecule has 1 rings (SSSR count). The van der Waals surface area contributed by atoms with E-state index in [1.165, 1.54) is 6.20 Å². The van der Waals surface area contributed by atoms with Crippen molar-refractivity contribution in [2.75, 3.05) is 18.9 Å². The van der Waals surface area contributed by atoms with Crippen LogP contribution in [-0.4, -0.2) is 34.5 Å². The third kappa shape index (κ3) is 3.27. The lowest BCUT2D eigenvalue weighted by Crippen LogP contribution is -2.21. The van der Waals surface area contributed by atoms with Crippen LogP contribution in [0.1, 0.15) is 0 Å². The van der Waals surface area contributed by atoms with E-state index in [4.69, 9.17) is 20.7 Å². The molecule has 0 saturated carbocycles. The van der Waals surface area contributed by atoms with Crippen LogP contribution in [0.2, 0.25) is 0 Å². The number of hydrogen-bond donors (Lipinski definition) is 3. The zero-order valence-corrected chi connectivity index (χ0v) is 7.05. The SMILES string of the molecule is Nc1cc(OC[C@H](O)CO)ccn1. The molecule has 1 atom stereocenters. The Labute approximate surface area is 75.8 Å². The van der Waals surface area contributed by atoms with Crippen LogP contribution in [0.4, 0.5) is 5.82 Å². The van der Waals surface area contributed by atoms with Crippen molar-refractivity contribution in [3.05, 3.63) is 18.3 Å². The van der Waals surface area contributed by atoms with Crippen LogP contribution in [0.15, 0.2) is 18.3 Å². The summed E-state index contributed by atoms with van der Waals surface area (Å²) >= 11 is 0. The van der Waals surface area contributed by atoms with Gasteiger partial charge in [-0.05, 0) is 6.07 Å². The number of aromatic nitrogens is 1. The van der Waals surface area contributed by atoms with Crippen LogP contribution in [0.25, 0.3) is 0 Å². The van der Waals surface area contributed by atoms with Crippen molar-refractivity contribution in [1.29, 1.82) is 0 Å². The fourth-order valence-corrected chi connectivity index (χ4v) is 0.763. The van der Waals surface area contributed by atoms with E-state index in [0.29, 0.717) is 11.6 Å². The van der Waals surface area contributed by atoms with Crippen LogP contribution in [0.5, 0.6) is 5.75 Å². The van der Waals surface area contributed by atoms with Crippen molar-refractivity contribution in [3.8, 4) is 5.75 Å². The summed E-state index contributed by atoms with van der Waals surface area (Å²) in [6.07, 6.45) is 0.644. The normalized spacial score (nSPS) is 12.5. The van der Waals surface area contributed by atoms with Gasteiger partial charge in [-0.3, -0.25) is 0 Å². The quantitative estimate of drug-likeness (QED) is 0.581. The molecule has 72 valence electrons. The highest BCUT2D eigenvalue weighted by atomic mass is 16.5. The minimum absolute atomic E-state index is 0.0416. The van der Waals surface area contributed by atoms with E-state index >= 15 is 0 Å². The highest BCUT2D eigenvalue weighted by Gasteiger charge is 2.02. The van der Waals surface area contributed by atoms with Crippen molar-refractivity contribution in [1.82, 2.24) is 4.98 Å². The average Bonchev–Trinajstić information content (AvgIpc) is 2.14. The Morgan fingerprint density at radius 2 is 2.38 bits per heavy atom. The molecule has 0 aromatic carbocycles. The van der Waals surface area contributed by atoms with Crippen molar-refractivity contribution in [2.45, 2.75) is 6.10 Å². The fourth-order valence-electron chi connectivity index (χ4n) is 0.763. The second-order valence-corrected chi connectivity index (χ2v) is 2.56. The van der Waals surface area contributed by atoms with Crippen LogP contribution >= 0.6 is 0 Å². The molecule has 1 aromatic rings. The maximum absolute atomic E-state index is 8.97. The Morgan fingerprint density at radius 3 is 3.00 bits per heavy atom. The standard InChI is InChI=1S/C8H12N2O3/c9-8-3-7(1-2-10-8)13-5-6(12)4-11/h1-3,6,11-12H,4-5H2,(H2,9,10)/t6-/m1/s1. The molecular formula is C8H12N2O3.